The summed E-state index contributed by atoms with van der Waals surface area (Å²) in [6.07, 6.45) is 2.80. The standard InChI is InChI=1S/C87H56N4O2/c88-52-64-65(53-89)84(90-74-43-39-58(54-21-5-1-6-22-54)48-70(74)86(71-49-59(40-44-75(71)90)55-23-7-2-8-24-55)66-29-13-17-33-78(66)92-79-34-18-14-30-67(79)86)85(83-63-38-37-62(47-63)82(64)83)91-76-45-41-60(56-25-9-3-10-26-56)50-72(76)87(73-51-61(42-46-77(73)91)57-27-11-4-12-28-57)68-31-15-19-35-80(68)93-81-36-20-16-32-69(81)87/h1-36,39-46,48-51,62-63H,37-38,47H2. The van der Waals surface area contributed by atoms with Gasteiger partial charge in [0.05, 0.1) is 56.1 Å². The Morgan fingerprint density at radius 1 is 0.290 bits per heavy atom. The molecule has 1 saturated carbocycles. The van der Waals surface area contributed by atoms with Crippen molar-refractivity contribution in [3.63, 3.8) is 0 Å². The van der Waals surface area contributed by atoms with E-state index in [0.717, 1.165) is 171 Å². The molecule has 1 fully saturated rings. The number of para-hydroxylation sites is 4. The van der Waals surface area contributed by atoms with Crippen LogP contribution in [0.1, 0.15) is 97.9 Å². The molecule has 0 amide bonds. The maximum absolute atomic E-state index is 12.6. The second-order valence-corrected chi connectivity index (χ2v) is 25.5. The van der Waals surface area contributed by atoms with E-state index in [2.05, 4.69) is 313 Å². The van der Waals surface area contributed by atoms with Gasteiger partial charge in [0.2, 0.25) is 0 Å². The fourth-order valence-electron chi connectivity index (χ4n) is 17.3. The van der Waals surface area contributed by atoms with Crippen LogP contribution in [-0.2, 0) is 10.8 Å². The molecule has 0 N–H and O–H groups in total. The van der Waals surface area contributed by atoms with Gasteiger partial charge in [0.15, 0.2) is 0 Å². The second kappa shape index (κ2) is 20.3. The zero-order valence-corrected chi connectivity index (χ0v) is 50.6. The van der Waals surface area contributed by atoms with E-state index in [1.165, 1.54) is 0 Å². The number of nitrogens with zero attached hydrogens (tertiary/aromatic N) is 4. The van der Waals surface area contributed by atoms with Gasteiger partial charge in [-0.05, 0) is 182 Å². The number of fused-ring (bicyclic) bond motifs is 21. The lowest BCUT2D eigenvalue weighted by Crippen LogP contribution is -2.41. The van der Waals surface area contributed by atoms with Gasteiger partial charge in [-0.3, -0.25) is 0 Å². The van der Waals surface area contributed by atoms with E-state index >= 15 is 0 Å². The summed E-state index contributed by atoms with van der Waals surface area (Å²) in [6, 6.07) is 111. The van der Waals surface area contributed by atoms with E-state index in [1.54, 1.807) is 0 Å². The molecule has 0 saturated heterocycles. The van der Waals surface area contributed by atoms with Crippen LogP contribution in [0, 0.1) is 22.7 Å². The predicted octanol–water partition coefficient (Wildman–Crippen LogP) is 22.0. The van der Waals surface area contributed by atoms with Crippen molar-refractivity contribution in [2.75, 3.05) is 9.80 Å². The number of anilines is 6. The summed E-state index contributed by atoms with van der Waals surface area (Å²) in [7, 11) is 0. The Morgan fingerprint density at radius 2 is 0.581 bits per heavy atom. The Labute approximate surface area is 540 Å². The lowest BCUT2D eigenvalue weighted by molar-refractivity contribution is 0.433. The topological polar surface area (TPSA) is 72.5 Å². The number of hydrogen-bond acceptors (Lipinski definition) is 6. The summed E-state index contributed by atoms with van der Waals surface area (Å²) in [5.41, 5.74) is 23.2. The van der Waals surface area contributed by atoms with Crippen LogP contribution < -0.4 is 19.3 Å². The molecule has 2 bridgehead atoms. The Balaban J connectivity index is 0.998. The average Bonchev–Trinajstić information content (AvgIpc) is 1.20. The van der Waals surface area contributed by atoms with Crippen molar-refractivity contribution in [3.05, 3.63) is 358 Å². The van der Waals surface area contributed by atoms with Crippen LogP contribution in [0.2, 0.25) is 0 Å². The van der Waals surface area contributed by atoms with Crippen LogP contribution in [0.25, 0.3) is 44.5 Å². The first-order valence-electron chi connectivity index (χ1n) is 32.2. The molecule has 6 nitrogen and oxygen atoms in total. The van der Waals surface area contributed by atoms with Crippen LogP contribution in [0.4, 0.5) is 34.1 Å². The molecule has 6 aliphatic rings. The van der Waals surface area contributed by atoms with Crippen molar-refractivity contribution in [1.29, 1.82) is 10.5 Å². The highest BCUT2D eigenvalue weighted by Crippen LogP contribution is 2.71. The predicted molar refractivity (Wildman–Crippen MR) is 370 cm³/mol. The van der Waals surface area contributed by atoms with E-state index in [4.69, 9.17) is 9.47 Å². The zero-order chi connectivity index (χ0) is 61.5. The SMILES string of the molecule is N#Cc1c(C#N)c(N2c3ccc(-c4ccccc4)cc3C3(c4ccccc4Oc4ccccc43)c3cc(-c4ccccc4)ccc32)c(N2c3ccc(-c4ccccc4)cc3C3(c4ccccc4Oc4ccccc43)c3cc(-c4ccccc4)ccc32)c2c1C1CCC2C1. The monoisotopic (exact) mass is 1190 g/mol. The van der Waals surface area contributed by atoms with Gasteiger partial charge in [0.1, 0.15) is 35.1 Å². The zero-order valence-electron chi connectivity index (χ0n) is 50.6. The van der Waals surface area contributed by atoms with E-state index in [-0.39, 0.29) is 11.8 Å². The van der Waals surface area contributed by atoms with Crippen LogP contribution >= 0.6 is 0 Å². The summed E-state index contributed by atoms with van der Waals surface area (Å²) in [5.74, 6) is 3.32. The molecule has 2 aliphatic carbocycles. The molecule has 2 unspecified atom stereocenters. The van der Waals surface area contributed by atoms with Crippen molar-refractivity contribution in [2.24, 2.45) is 0 Å². The van der Waals surface area contributed by atoms with Gasteiger partial charge in [0.25, 0.3) is 0 Å². The van der Waals surface area contributed by atoms with Gasteiger partial charge >= 0.3 is 0 Å². The summed E-state index contributed by atoms with van der Waals surface area (Å²) < 4.78 is 14.1. The summed E-state index contributed by atoms with van der Waals surface area (Å²) in [4.78, 5) is 4.94. The molecule has 2 atom stereocenters. The number of ether oxygens (including phenoxy) is 2. The van der Waals surface area contributed by atoms with Gasteiger partial charge in [0, 0.05) is 22.3 Å². The highest BCUT2D eigenvalue weighted by molar-refractivity contribution is 6.05. The highest BCUT2D eigenvalue weighted by Gasteiger charge is 2.56. The summed E-state index contributed by atoms with van der Waals surface area (Å²) >= 11 is 0. The van der Waals surface area contributed by atoms with Crippen LogP contribution in [0.3, 0.4) is 0 Å². The van der Waals surface area contributed by atoms with Crippen LogP contribution in [-0.4, -0.2) is 0 Å². The second-order valence-electron chi connectivity index (χ2n) is 25.5. The quantitative estimate of drug-likeness (QED) is 0.165. The minimum atomic E-state index is -0.981. The highest BCUT2D eigenvalue weighted by atomic mass is 16.5. The number of hydrogen-bond donors (Lipinski definition) is 0. The Kier molecular flexibility index (Phi) is 11.5. The smallest absolute Gasteiger partial charge is 0.132 e. The third-order valence-electron chi connectivity index (χ3n) is 21.0. The maximum atomic E-state index is 12.6. The molecule has 13 aromatic carbocycles. The molecule has 13 aromatic rings. The third kappa shape index (κ3) is 7.38. The largest absolute Gasteiger partial charge is 0.457 e. The normalized spacial score (nSPS) is 16.3. The maximum Gasteiger partial charge on any atom is 0.132 e. The molecule has 19 rings (SSSR count). The molecule has 93 heavy (non-hydrogen) atoms. The molecule has 2 spiro atoms. The van der Waals surface area contributed by atoms with Gasteiger partial charge in [-0.15, -0.1) is 0 Å². The fraction of sp³-hybridized carbons (Fsp3) is 0.0805. The summed E-state index contributed by atoms with van der Waals surface area (Å²) in [5, 5.41) is 24.7. The first-order chi connectivity index (χ1) is 46.0. The number of benzene rings is 13. The number of rotatable bonds is 6. The molecule has 6 heteroatoms. The van der Waals surface area contributed by atoms with Gasteiger partial charge in [-0.25, -0.2) is 0 Å². The van der Waals surface area contributed by atoms with Crippen molar-refractivity contribution < 1.29 is 9.47 Å². The fourth-order valence-corrected chi connectivity index (χ4v) is 17.3. The lowest BCUT2D eigenvalue weighted by Gasteiger charge is -2.51. The molecule has 4 heterocycles. The van der Waals surface area contributed by atoms with Crippen molar-refractivity contribution >= 4 is 34.1 Å². The Morgan fingerprint density at radius 3 is 0.903 bits per heavy atom. The lowest BCUT2D eigenvalue weighted by atomic mass is 9.60. The van der Waals surface area contributed by atoms with Crippen molar-refractivity contribution in [1.82, 2.24) is 0 Å². The van der Waals surface area contributed by atoms with E-state index in [9.17, 15) is 10.5 Å². The summed E-state index contributed by atoms with van der Waals surface area (Å²) in [6.45, 7) is 0. The van der Waals surface area contributed by atoms with Gasteiger partial charge in [-0.2, -0.15) is 10.5 Å². The van der Waals surface area contributed by atoms with Gasteiger partial charge < -0.3 is 19.3 Å². The molecular weight excluding hydrogens is 1130 g/mol. The molecule has 4 aliphatic heterocycles. The van der Waals surface area contributed by atoms with E-state index < -0.39 is 10.8 Å². The molecular formula is C87H56N4O2. The average molecular weight is 1190 g/mol. The minimum Gasteiger partial charge on any atom is -0.457 e. The van der Waals surface area contributed by atoms with Crippen molar-refractivity contribution in [2.45, 2.75) is 41.9 Å². The molecule has 0 radical (unpaired) electrons. The minimum absolute atomic E-state index is 0.100. The van der Waals surface area contributed by atoms with Crippen molar-refractivity contribution in [3.8, 4) is 79.6 Å². The first kappa shape index (κ1) is 52.9. The molecule has 0 aromatic heterocycles. The van der Waals surface area contributed by atoms with Crippen LogP contribution in [0.15, 0.2) is 291 Å². The van der Waals surface area contributed by atoms with Gasteiger partial charge in [-0.1, -0.05) is 218 Å². The number of nitriles is 2. The Bertz CT molecular complexity index is 5100. The first-order valence-corrected chi connectivity index (χ1v) is 32.2. The van der Waals surface area contributed by atoms with E-state index in [0.29, 0.717) is 16.8 Å². The molecule has 436 valence electrons. The Hall–Kier alpha value is -12.0. The van der Waals surface area contributed by atoms with Crippen LogP contribution in [0.5, 0.6) is 23.0 Å². The third-order valence-corrected chi connectivity index (χ3v) is 21.0. The van der Waals surface area contributed by atoms with E-state index in [1.807, 2.05) is 0 Å².